The topological polar surface area (TPSA) is 52.1 Å². The van der Waals surface area contributed by atoms with Crippen LogP contribution in [0.2, 0.25) is 0 Å². The highest BCUT2D eigenvalue weighted by molar-refractivity contribution is 5.72. The molecule has 0 N–H and O–H groups in total. The Morgan fingerprint density at radius 2 is 1.82 bits per heavy atom. The first kappa shape index (κ1) is 16.1. The number of rotatable bonds is 7. The van der Waals surface area contributed by atoms with Gasteiger partial charge in [-0.15, -0.1) is 0 Å². The predicted octanol–water partition coefficient (Wildman–Crippen LogP) is 4.19. The van der Waals surface area contributed by atoms with Crippen molar-refractivity contribution in [1.82, 2.24) is 9.97 Å². The van der Waals surface area contributed by atoms with Gasteiger partial charge < -0.3 is 4.74 Å². The standard InChI is InChI=1S/C18H22N2O2/c1-3-5-6-7-15-12-20-17(13-19-15)14-8-10-16(11-9-14)22-18(21)4-2/h8-13H,3-7H2,1-2H3. The molecule has 0 unspecified atom stereocenters. The molecule has 0 saturated heterocycles. The molecule has 4 heteroatoms. The van der Waals surface area contributed by atoms with E-state index in [0.29, 0.717) is 12.2 Å². The predicted molar refractivity (Wildman–Crippen MR) is 86.6 cm³/mol. The summed E-state index contributed by atoms with van der Waals surface area (Å²) in [6, 6.07) is 7.33. The minimum Gasteiger partial charge on any atom is -0.427 e. The molecule has 0 bridgehead atoms. The maximum absolute atomic E-state index is 11.2. The minimum absolute atomic E-state index is 0.232. The molecule has 2 rings (SSSR count). The number of carbonyl (C=O) groups is 1. The molecule has 0 aliphatic carbocycles. The molecule has 0 aliphatic heterocycles. The number of carbonyl (C=O) groups excluding carboxylic acids is 1. The molecule has 2 aromatic rings. The Bertz CT molecular complexity index is 591. The van der Waals surface area contributed by atoms with E-state index in [2.05, 4.69) is 16.9 Å². The van der Waals surface area contributed by atoms with Crippen molar-refractivity contribution in [3.05, 3.63) is 42.4 Å². The highest BCUT2D eigenvalue weighted by atomic mass is 16.5. The number of benzene rings is 1. The normalized spacial score (nSPS) is 10.5. The maximum atomic E-state index is 11.2. The molecular weight excluding hydrogens is 276 g/mol. The molecule has 0 amide bonds. The van der Waals surface area contributed by atoms with E-state index in [0.717, 1.165) is 29.8 Å². The van der Waals surface area contributed by atoms with Crippen LogP contribution < -0.4 is 4.74 Å². The number of hydrogen-bond donors (Lipinski definition) is 0. The summed E-state index contributed by atoms with van der Waals surface area (Å²) < 4.78 is 5.15. The van der Waals surface area contributed by atoms with Gasteiger partial charge in [0.25, 0.3) is 0 Å². The Morgan fingerprint density at radius 3 is 2.41 bits per heavy atom. The summed E-state index contributed by atoms with van der Waals surface area (Å²) in [4.78, 5) is 20.2. The Morgan fingerprint density at radius 1 is 1.05 bits per heavy atom. The zero-order valence-electron chi connectivity index (χ0n) is 13.2. The van der Waals surface area contributed by atoms with Crippen LogP contribution in [0.5, 0.6) is 5.75 Å². The summed E-state index contributed by atoms with van der Waals surface area (Å²) in [7, 11) is 0. The lowest BCUT2D eigenvalue weighted by Crippen LogP contribution is -2.05. The van der Waals surface area contributed by atoms with Crippen LogP contribution in [0.25, 0.3) is 11.3 Å². The van der Waals surface area contributed by atoms with Crippen LogP contribution in [0, 0.1) is 0 Å². The largest absolute Gasteiger partial charge is 0.427 e. The molecular formula is C18H22N2O2. The second kappa shape index (κ2) is 8.27. The van der Waals surface area contributed by atoms with Gasteiger partial charge in [0.1, 0.15) is 5.75 Å². The Labute approximate surface area is 131 Å². The molecule has 4 nitrogen and oxygen atoms in total. The van der Waals surface area contributed by atoms with E-state index in [9.17, 15) is 4.79 Å². The van der Waals surface area contributed by atoms with Gasteiger partial charge in [0.05, 0.1) is 17.6 Å². The Balaban J connectivity index is 2.00. The molecule has 0 fully saturated rings. The van der Waals surface area contributed by atoms with E-state index in [1.807, 2.05) is 18.3 Å². The molecule has 0 radical (unpaired) electrons. The summed E-state index contributed by atoms with van der Waals surface area (Å²) in [5.74, 6) is 0.323. The molecule has 1 aromatic heterocycles. The number of aryl methyl sites for hydroxylation is 1. The molecule has 22 heavy (non-hydrogen) atoms. The highest BCUT2D eigenvalue weighted by Gasteiger charge is 2.04. The first-order chi connectivity index (χ1) is 10.7. The van der Waals surface area contributed by atoms with Crippen LogP contribution in [0.1, 0.15) is 45.2 Å². The summed E-state index contributed by atoms with van der Waals surface area (Å²) in [6.45, 7) is 3.96. The van der Waals surface area contributed by atoms with E-state index >= 15 is 0 Å². The lowest BCUT2D eigenvalue weighted by molar-refractivity contribution is -0.134. The van der Waals surface area contributed by atoms with Crippen LogP contribution in [0.4, 0.5) is 0 Å². The van der Waals surface area contributed by atoms with Crippen LogP contribution in [-0.2, 0) is 11.2 Å². The smallest absolute Gasteiger partial charge is 0.310 e. The quantitative estimate of drug-likeness (QED) is 0.437. The van der Waals surface area contributed by atoms with Crippen molar-refractivity contribution in [3.63, 3.8) is 0 Å². The third kappa shape index (κ3) is 4.65. The summed E-state index contributed by atoms with van der Waals surface area (Å²) in [5.41, 5.74) is 2.82. The fraction of sp³-hybridized carbons (Fsp3) is 0.389. The van der Waals surface area contributed by atoms with Crippen LogP contribution in [0.15, 0.2) is 36.7 Å². The third-order valence-corrected chi connectivity index (χ3v) is 3.41. The first-order valence-corrected chi connectivity index (χ1v) is 7.85. The van der Waals surface area contributed by atoms with E-state index in [-0.39, 0.29) is 5.97 Å². The molecule has 1 aromatic carbocycles. The summed E-state index contributed by atoms with van der Waals surface area (Å²) in [5, 5.41) is 0. The number of ether oxygens (including phenoxy) is 1. The molecule has 1 heterocycles. The van der Waals surface area contributed by atoms with Crippen molar-refractivity contribution in [3.8, 4) is 17.0 Å². The van der Waals surface area contributed by atoms with Crippen LogP contribution in [0.3, 0.4) is 0 Å². The van der Waals surface area contributed by atoms with Gasteiger partial charge >= 0.3 is 5.97 Å². The van der Waals surface area contributed by atoms with E-state index in [1.54, 1.807) is 25.3 Å². The fourth-order valence-electron chi connectivity index (χ4n) is 2.09. The average molecular weight is 298 g/mol. The Hall–Kier alpha value is -2.23. The van der Waals surface area contributed by atoms with Crippen molar-refractivity contribution < 1.29 is 9.53 Å². The van der Waals surface area contributed by atoms with Crippen LogP contribution >= 0.6 is 0 Å². The number of hydrogen-bond acceptors (Lipinski definition) is 4. The molecule has 0 saturated carbocycles. The van der Waals surface area contributed by atoms with E-state index in [4.69, 9.17) is 4.74 Å². The van der Waals surface area contributed by atoms with Gasteiger partial charge in [-0.05, 0) is 37.1 Å². The van der Waals surface area contributed by atoms with Crippen LogP contribution in [-0.4, -0.2) is 15.9 Å². The van der Waals surface area contributed by atoms with Gasteiger partial charge in [-0.1, -0.05) is 26.7 Å². The highest BCUT2D eigenvalue weighted by Crippen LogP contribution is 2.20. The first-order valence-electron chi connectivity index (χ1n) is 7.85. The third-order valence-electron chi connectivity index (χ3n) is 3.41. The molecule has 0 spiro atoms. The summed E-state index contributed by atoms with van der Waals surface area (Å²) >= 11 is 0. The second-order valence-corrected chi connectivity index (χ2v) is 5.20. The lowest BCUT2D eigenvalue weighted by Gasteiger charge is -2.05. The zero-order valence-corrected chi connectivity index (χ0v) is 13.2. The van der Waals surface area contributed by atoms with Gasteiger partial charge in [-0.2, -0.15) is 0 Å². The fourth-order valence-corrected chi connectivity index (χ4v) is 2.09. The van der Waals surface area contributed by atoms with Gasteiger partial charge in [0.15, 0.2) is 0 Å². The zero-order chi connectivity index (χ0) is 15.8. The molecule has 116 valence electrons. The SMILES string of the molecule is CCCCCc1cnc(-c2ccc(OC(=O)CC)cc2)cn1. The Kier molecular flexibility index (Phi) is 6.07. The van der Waals surface area contributed by atoms with Crippen molar-refractivity contribution in [2.45, 2.75) is 46.0 Å². The van der Waals surface area contributed by atoms with Gasteiger partial charge in [0, 0.05) is 18.2 Å². The molecule has 0 atom stereocenters. The van der Waals surface area contributed by atoms with Gasteiger partial charge in [0.2, 0.25) is 0 Å². The monoisotopic (exact) mass is 298 g/mol. The number of aromatic nitrogens is 2. The van der Waals surface area contributed by atoms with Crippen molar-refractivity contribution >= 4 is 5.97 Å². The number of unbranched alkanes of at least 4 members (excludes halogenated alkanes) is 2. The van der Waals surface area contributed by atoms with E-state index < -0.39 is 0 Å². The van der Waals surface area contributed by atoms with Crippen molar-refractivity contribution in [2.75, 3.05) is 0 Å². The minimum atomic E-state index is -0.232. The summed E-state index contributed by atoms with van der Waals surface area (Å²) in [6.07, 6.45) is 8.58. The van der Waals surface area contributed by atoms with Gasteiger partial charge in [-0.25, -0.2) is 0 Å². The number of nitrogens with zero attached hydrogens (tertiary/aromatic N) is 2. The number of esters is 1. The van der Waals surface area contributed by atoms with Gasteiger partial charge in [-0.3, -0.25) is 14.8 Å². The second-order valence-electron chi connectivity index (χ2n) is 5.20. The molecule has 0 aliphatic rings. The lowest BCUT2D eigenvalue weighted by atomic mass is 10.1. The van der Waals surface area contributed by atoms with Crippen molar-refractivity contribution in [1.29, 1.82) is 0 Å². The van der Waals surface area contributed by atoms with E-state index in [1.165, 1.54) is 12.8 Å². The average Bonchev–Trinajstić information content (AvgIpc) is 2.56. The maximum Gasteiger partial charge on any atom is 0.310 e. The van der Waals surface area contributed by atoms with Crippen molar-refractivity contribution in [2.24, 2.45) is 0 Å².